The number of hydrogen-bond acceptors (Lipinski definition) is 4. The smallest absolute Gasteiger partial charge is 0.242 e. The van der Waals surface area contributed by atoms with E-state index in [0.717, 1.165) is 26.2 Å². The van der Waals surface area contributed by atoms with Gasteiger partial charge >= 0.3 is 0 Å². The summed E-state index contributed by atoms with van der Waals surface area (Å²) in [5, 5.41) is 8.60. The van der Waals surface area contributed by atoms with Gasteiger partial charge in [-0.3, -0.25) is 14.5 Å². The summed E-state index contributed by atoms with van der Waals surface area (Å²) >= 11 is 0. The normalized spacial score (nSPS) is 18.5. The fourth-order valence-corrected chi connectivity index (χ4v) is 1.75. The standard InChI is InChI=1S/C11H22N4O2/c1-3-13-11(17)9(2)14-10(16)8-15-6-4-12-5-7-15/h9,12H,3-8H2,1-2H3,(H,13,17)(H,14,16). The Morgan fingerprint density at radius 2 is 2.00 bits per heavy atom. The fourth-order valence-electron chi connectivity index (χ4n) is 1.75. The molecule has 1 atom stereocenters. The molecule has 0 aromatic heterocycles. The molecule has 0 aromatic carbocycles. The molecule has 1 aliphatic heterocycles. The lowest BCUT2D eigenvalue weighted by molar-refractivity contribution is -0.129. The zero-order valence-electron chi connectivity index (χ0n) is 10.6. The largest absolute Gasteiger partial charge is 0.355 e. The summed E-state index contributed by atoms with van der Waals surface area (Å²) in [6.07, 6.45) is 0. The molecule has 1 unspecified atom stereocenters. The van der Waals surface area contributed by atoms with E-state index in [2.05, 4.69) is 20.9 Å². The third-order valence-corrected chi connectivity index (χ3v) is 2.70. The number of piperazine rings is 1. The van der Waals surface area contributed by atoms with E-state index in [9.17, 15) is 9.59 Å². The third-order valence-electron chi connectivity index (χ3n) is 2.70. The van der Waals surface area contributed by atoms with Crippen LogP contribution in [-0.2, 0) is 9.59 Å². The Labute approximate surface area is 102 Å². The highest BCUT2D eigenvalue weighted by Gasteiger charge is 2.17. The predicted molar refractivity (Wildman–Crippen MR) is 65.6 cm³/mol. The molecule has 0 saturated carbocycles. The molecule has 0 aliphatic carbocycles. The van der Waals surface area contributed by atoms with Crippen molar-refractivity contribution < 1.29 is 9.59 Å². The molecule has 1 rings (SSSR count). The first-order valence-electron chi connectivity index (χ1n) is 6.13. The van der Waals surface area contributed by atoms with Crippen LogP contribution in [0.15, 0.2) is 0 Å². The van der Waals surface area contributed by atoms with Crippen LogP contribution in [0.25, 0.3) is 0 Å². The van der Waals surface area contributed by atoms with Gasteiger partial charge in [0, 0.05) is 32.7 Å². The molecule has 6 heteroatoms. The van der Waals surface area contributed by atoms with Crippen molar-refractivity contribution in [3.63, 3.8) is 0 Å². The zero-order valence-corrected chi connectivity index (χ0v) is 10.6. The quantitative estimate of drug-likeness (QED) is 0.550. The average molecular weight is 242 g/mol. The molecule has 0 spiro atoms. The Morgan fingerprint density at radius 3 is 2.59 bits per heavy atom. The minimum Gasteiger partial charge on any atom is -0.355 e. The Hall–Kier alpha value is -1.14. The van der Waals surface area contributed by atoms with Crippen molar-refractivity contribution in [2.24, 2.45) is 0 Å². The minimum atomic E-state index is -0.467. The summed E-state index contributed by atoms with van der Waals surface area (Å²) in [7, 11) is 0. The molecule has 98 valence electrons. The molecule has 0 bridgehead atoms. The van der Waals surface area contributed by atoms with Gasteiger partial charge < -0.3 is 16.0 Å². The third kappa shape index (κ3) is 5.14. The van der Waals surface area contributed by atoms with E-state index in [4.69, 9.17) is 0 Å². The topological polar surface area (TPSA) is 73.5 Å². The highest BCUT2D eigenvalue weighted by Crippen LogP contribution is 1.92. The van der Waals surface area contributed by atoms with Crippen LogP contribution in [-0.4, -0.2) is 62.0 Å². The molecular weight excluding hydrogens is 220 g/mol. The van der Waals surface area contributed by atoms with Gasteiger partial charge in [-0.05, 0) is 13.8 Å². The van der Waals surface area contributed by atoms with Crippen LogP contribution in [0.3, 0.4) is 0 Å². The number of hydrogen-bond donors (Lipinski definition) is 3. The summed E-state index contributed by atoms with van der Waals surface area (Å²) in [5.41, 5.74) is 0. The molecule has 6 nitrogen and oxygen atoms in total. The van der Waals surface area contributed by atoms with Gasteiger partial charge in [-0.15, -0.1) is 0 Å². The van der Waals surface area contributed by atoms with Gasteiger partial charge in [0.05, 0.1) is 6.54 Å². The molecule has 1 aliphatic rings. The molecule has 0 aromatic rings. The Kier molecular flexibility index (Phi) is 5.93. The maximum absolute atomic E-state index is 11.7. The van der Waals surface area contributed by atoms with Crippen LogP contribution in [0.1, 0.15) is 13.8 Å². The van der Waals surface area contributed by atoms with E-state index in [1.54, 1.807) is 6.92 Å². The Balaban J connectivity index is 2.25. The van der Waals surface area contributed by atoms with Crippen molar-refractivity contribution in [2.75, 3.05) is 39.3 Å². The lowest BCUT2D eigenvalue weighted by atomic mass is 10.3. The van der Waals surface area contributed by atoms with Crippen LogP contribution in [0, 0.1) is 0 Å². The SMILES string of the molecule is CCNC(=O)C(C)NC(=O)CN1CCNCC1. The minimum absolute atomic E-state index is 0.0920. The number of rotatable bonds is 5. The maximum Gasteiger partial charge on any atom is 0.242 e. The highest BCUT2D eigenvalue weighted by molar-refractivity contribution is 5.87. The Morgan fingerprint density at radius 1 is 1.35 bits per heavy atom. The second-order valence-corrected chi connectivity index (χ2v) is 4.21. The van der Waals surface area contributed by atoms with Gasteiger partial charge in [-0.25, -0.2) is 0 Å². The van der Waals surface area contributed by atoms with Crippen molar-refractivity contribution >= 4 is 11.8 Å². The summed E-state index contributed by atoms with van der Waals surface area (Å²) in [4.78, 5) is 25.2. The van der Waals surface area contributed by atoms with Crippen LogP contribution in [0.2, 0.25) is 0 Å². The molecule has 1 fully saturated rings. The van der Waals surface area contributed by atoms with Gasteiger partial charge in [-0.2, -0.15) is 0 Å². The van der Waals surface area contributed by atoms with Crippen molar-refractivity contribution in [1.82, 2.24) is 20.9 Å². The molecule has 0 radical (unpaired) electrons. The molecule has 1 heterocycles. The number of nitrogens with one attached hydrogen (secondary N) is 3. The number of carbonyl (C=O) groups is 2. The van der Waals surface area contributed by atoms with E-state index in [0.29, 0.717) is 13.1 Å². The number of carbonyl (C=O) groups excluding carboxylic acids is 2. The van der Waals surface area contributed by atoms with Crippen LogP contribution in [0.4, 0.5) is 0 Å². The molecule has 3 N–H and O–H groups in total. The van der Waals surface area contributed by atoms with E-state index in [1.165, 1.54) is 0 Å². The van der Waals surface area contributed by atoms with Crippen molar-refractivity contribution in [1.29, 1.82) is 0 Å². The molecule has 17 heavy (non-hydrogen) atoms. The molecule has 1 saturated heterocycles. The van der Waals surface area contributed by atoms with Crippen molar-refractivity contribution in [2.45, 2.75) is 19.9 Å². The summed E-state index contributed by atoms with van der Waals surface area (Å²) in [5.74, 6) is -0.230. The fraction of sp³-hybridized carbons (Fsp3) is 0.818. The van der Waals surface area contributed by atoms with Crippen molar-refractivity contribution in [3.05, 3.63) is 0 Å². The van der Waals surface area contributed by atoms with E-state index < -0.39 is 6.04 Å². The second kappa shape index (κ2) is 7.24. The van der Waals surface area contributed by atoms with Crippen molar-refractivity contribution in [3.8, 4) is 0 Å². The first-order chi connectivity index (χ1) is 8.13. The number of likely N-dealkylation sites (N-methyl/N-ethyl adjacent to an activating group) is 1. The summed E-state index contributed by atoms with van der Waals surface area (Å²) in [6, 6.07) is -0.467. The van der Waals surface area contributed by atoms with E-state index >= 15 is 0 Å². The maximum atomic E-state index is 11.7. The lowest BCUT2D eigenvalue weighted by Gasteiger charge is -2.26. The van der Waals surface area contributed by atoms with Gasteiger partial charge in [0.25, 0.3) is 0 Å². The number of nitrogens with zero attached hydrogens (tertiary/aromatic N) is 1. The van der Waals surface area contributed by atoms with Gasteiger partial charge in [0.15, 0.2) is 0 Å². The van der Waals surface area contributed by atoms with Crippen LogP contribution < -0.4 is 16.0 Å². The molecular formula is C11H22N4O2. The lowest BCUT2D eigenvalue weighted by Crippen LogP contribution is -2.51. The second-order valence-electron chi connectivity index (χ2n) is 4.21. The number of amides is 2. The summed E-state index contributed by atoms with van der Waals surface area (Å²) in [6.45, 7) is 8.08. The monoisotopic (exact) mass is 242 g/mol. The first-order valence-corrected chi connectivity index (χ1v) is 6.13. The van der Waals surface area contributed by atoms with E-state index in [1.807, 2.05) is 6.92 Å². The predicted octanol–water partition coefficient (Wildman–Crippen LogP) is -1.47. The Bertz CT molecular complexity index is 264. The van der Waals surface area contributed by atoms with Gasteiger partial charge in [0.1, 0.15) is 6.04 Å². The van der Waals surface area contributed by atoms with Gasteiger partial charge in [-0.1, -0.05) is 0 Å². The first kappa shape index (κ1) is 13.9. The zero-order chi connectivity index (χ0) is 12.7. The van der Waals surface area contributed by atoms with E-state index in [-0.39, 0.29) is 11.8 Å². The van der Waals surface area contributed by atoms with Crippen LogP contribution in [0.5, 0.6) is 0 Å². The van der Waals surface area contributed by atoms with Crippen LogP contribution >= 0.6 is 0 Å². The highest BCUT2D eigenvalue weighted by atomic mass is 16.2. The average Bonchev–Trinajstić information content (AvgIpc) is 2.30. The van der Waals surface area contributed by atoms with Gasteiger partial charge in [0.2, 0.25) is 11.8 Å². The summed E-state index contributed by atoms with van der Waals surface area (Å²) < 4.78 is 0. The molecule has 2 amide bonds.